The second kappa shape index (κ2) is 6.66. The second-order valence-corrected chi connectivity index (χ2v) is 6.11. The first-order valence-electron chi connectivity index (χ1n) is 6.03. The van der Waals surface area contributed by atoms with Crippen molar-refractivity contribution in [3.63, 3.8) is 0 Å². The molecule has 0 heterocycles. The highest BCUT2D eigenvalue weighted by Crippen LogP contribution is 2.19. The summed E-state index contributed by atoms with van der Waals surface area (Å²) in [5.41, 5.74) is 6.46. The molecule has 8 nitrogen and oxygen atoms in total. The molecule has 1 rings (SSSR count). The number of hydrogen-bond acceptors (Lipinski definition) is 5. The van der Waals surface area contributed by atoms with Crippen LogP contribution < -0.4 is 16.2 Å². The summed E-state index contributed by atoms with van der Waals surface area (Å²) in [5, 5.41) is 16.0. The van der Waals surface area contributed by atoms with Crippen molar-refractivity contribution in [3.8, 4) is 0 Å². The number of amides is 1. The molecule has 1 atom stereocenters. The highest BCUT2D eigenvalue weighted by Gasteiger charge is 2.17. The van der Waals surface area contributed by atoms with E-state index in [9.17, 15) is 18.0 Å². The smallest absolute Gasteiger partial charge is 0.303 e. The van der Waals surface area contributed by atoms with Crippen LogP contribution in [0.4, 0.5) is 5.69 Å². The SMILES string of the molecule is Cc1ccc(S(N)(=O)=O)cc1NC(=O)C(N)CCC(=O)O. The predicted octanol–water partition coefficient (Wildman–Crippen LogP) is -0.227. The van der Waals surface area contributed by atoms with Gasteiger partial charge in [0.2, 0.25) is 15.9 Å². The van der Waals surface area contributed by atoms with Crippen molar-refractivity contribution in [3.05, 3.63) is 23.8 Å². The lowest BCUT2D eigenvalue weighted by Crippen LogP contribution is -2.36. The van der Waals surface area contributed by atoms with Crippen molar-refractivity contribution < 1.29 is 23.1 Å². The number of anilines is 1. The van der Waals surface area contributed by atoms with Crippen molar-refractivity contribution in [2.45, 2.75) is 30.7 Å². The molecule has 116 valence electrons. The number of benzene rings is 1. The van der Waals surface area contributed by atoms with Crippen molar-refractivity contribution in [2.75, 3.05) is 5.32 Å². The summed E-state index contributed by atoms with van der Waals surface area (Å²) >= 11 is 0. The topological polar surface area (TPSA) is 153 Å². The largest absolute Gasteiger partial charge is 0.481 e. The van der Waals surface area contributed by atoms with E-state index in [1.165, 1.54) is 18.2 Å². The minimum atomic E-state index is -3.88. The van der Waals surface area contributed by atoms with Gasteiger partial charge in [0.15, 0.2) is 0 Å². The molecule has 0 aliphatic heterocycles. The minimum Gasteiger partial charge on any atom is -0.481 e. The molecule has 1 aromatic rings. The minimum absolute atomic E-state index is 0.0188. The monoisotopic (exact) mass is 315 g/mol. The summed E-state index contributed by atoms with van der Waals surface area (Å²) < 4.78 is 22.5. The van der Waals surface area contributed by atoms with Gasteiger partial charge >= 0.3 is 5.97 Å². The van der Waals surface area contributed by atoms with Crippen molar-refractivity contribution in [1.29, 1.82) is 0 Å². The number of aliphatic carboxylic acids is 1. The summed E-state index contributed by atoms with van der Waals surface area (Å²) in [6, 6.07) is 3.05. The maximum atomic E-state index is 11.8. The molecule has 0 spiro atoms. The molecule has 6 N–H and O–H groups in total. The number of primary sulfonamides is 1. The van der Waals surface area contributed by atoms with Crippen LogP contribution in [0.1, 0.15) is 18.4 Å². The zero-order chi connectivity index (χ0) is 16.2. The highest BCUT2D eigenvalue weighted by molar-refractivity contribution is 7.89. The number of carbonyl (C=O) groups excluding carboxylic acids is 1. The molecular weight excluding hydrogens is 298 g/mol. The van der Waals surface area contributed by atoms with E-state index in [1.54, 1.807) is 6.92 Å². The van der Waals surface area contributed by atoms with Crippen LogP contribution >= 0.6 is 0 Å². The molecule has 0 aliphatic carbocycles. The predicted molar refractivity (Wildman–Crippen MR) is 76.0 cm³/mol. The number of carboxylic acid groups (broad SMARTS) is 1. The number of carboxylic acids is 1. The van der Waals surface area contributed by atoms with E-state index in [4.69, 9.17) is 16.0 Å². The first-order valence-corrected chi connectivity index (χ1v) is 7.57. The number of rotatable bonds is 6. The zero-order valence-corrected chi connectivity index (χ0v) is 12.2. The van der Waals surface area contributed by atoms with Crippen LogP contribution in [-0.4, -0.2) is 31.4 Å². The van der Waals surface area contributed by atoms with Gasteiger partial charge in [0, 0.05) is 12.1 Å². The number of sulfonamides is 1. The average molecular weight is 315 g/mol. The molecule has 0 radical (unpaired) electrons. The fraction of sp³-hybridized carbons (Fsp3) is 0.333. The Morgan fingerprint density at radius 3 is 2.52 bits per heavy atom. The summed E-state index contributed by atoms with van der Waals surface area (Å²) in [6.45, 7) is 1.67. The van der Waals surface area contributed by atoms with Crippen LogP contribution in [0, 0.1) is 6.92 Å². The lowest BCUT2D eigenvalue weighted by Gasteiger charge is -2.13. The van der Waals surface area contributed by atoms with Crippen LogP contribution in [0.2, 0.25) is 0 Å². The molecule has 0 saturated carbocycles. The van der Waals surface area contributed by atoms with Gasteiger partial charge in [0.05, 0.1) is 10.9 Å². The third-order valence-electron chi connectivity index (χ3n) is 2.80. The number of nitrogens with two attached hydrogens (primary N) is 2. The van der Waals surface area contributed by atoms with E-state index in [1.807, 2.05) is 0 Å². The van der Waals surface area contributed by atoms with Gasteiger partial charge in [-0.2, -0.15) is 0 Å². The molecule has 0 aliphatic rings. The maximum Gasteiger partial charge on any atom is 0.303 e. The molecule has 9 heteroatoms. The molecule has 1 aromatic carbocycles. The van der Waals surface area contributed by atoms with E-state index in [-0.39, 0.29) is 23.4 Å². The summed E-state index contributed by atoms with van der Waals surface area (Å²) in [7, 11) is -3.88. The van der Waals surface area contributed by atoms with Crippen LogP contribution in [0.5, 0.6) is 0 Å². The molecular formula is C12H17N3O5S. The Kier molecular flexibility index (Phi) is 5.41. The zero-order valence-electron chi connectivity index (χ0n) is 11.4. The van der Waals surface area contributed by atoms with Crippen molar-refractivity contribution in [2.24, 2.45) is 10.9 Å². The molecule has 21 heavy (non-hydrogen) atoms. The van der Waals surface area contributed by atoms with Crippen LogP contribution in [0.25, 0.3) is 0 Å². The Morgan fingerprint density at radius 2 is 2.00 bits per heavy atom. The van der Waals surface area contributed by atoms with E-state index in [2.05, 4.69) is 5.32 Å². The van der Waals surface area contributed by atoms with Gasteiger partial charge in [-0.3, -0.25) is 9.59 Å². The Hall–Kier alpha value is -1.97. The third-order valence-corrected chi connectivity index (χ3v) is 3.71. The van der Waals surface area contributed by atoms with Crippen molar-refractivity contribution in [1.82, 2.24) is 0 Å². The van der Waals surface area contributed by atoms with Crippen LogP contribution in [0.3, 0.4) is 0 Å². The number of hydrogen-bond donors (Lipinski definition) is 4. The fourth-order valence-electron chi connectivity index (χ4n) is 1.55. The number of nitrogens with one attached hydrogen (secondary N) is 1. The summed E-state index contributed by atoms with van der Waals surface area (Å²) in [4.78, 5) is 22.1. The van der Waals surface area contributed by atoms with Gasteiger partial charge in [-0.1, -0.05) is 6.07 Å². The lowest BCUT2D eigenvalue weighted by atomic mass is 10.1. The Morgan fingerprint density at radius 1 is 1.38 bits per heavy atom. The van der Waals surface area contributed by atoms with Gasteiger partial charge in [0.1, 0.15) is 0 Å². The Labute approximate surface area is 122 Å². The number of carbonyl (C=O) groups is 2. The average Bonchev–Trinajstić information content (AvgIpc) is 2.36. The van der Waals surface area contributed by atoms with Crippen molar-refractivity contribution >= 4 is 27.6 Å². The summed E-state index contributed by atoms with van der Waals surface area (Å²) in [5.74, 6) is -1.64. The normalized spacial score (nSPS) is 12.7. The van der Waals surface area contributed by atoms with Gasteiger partial charge in [-0.05, 0) is 31.0 Å². The van der Waals surface area contributed by atoms with E-state index >= 15 is 0 Å². The van der Waals surface area contributed by atoms with Crippen LogP contribution in [0.15, 0.2) is 23.1 Å². The quantitative estimate of drug-likeness (QED) is 0.569. The Balaban J connectivity index is 2.87. The fourth-order valence-corrected chi connectivity index (χ4v) is 2.09. The highest BCUT2D eigenvalue weighted by atomic mass is 32.2. The summed E-state index contributed by atoms with van der Waals surface area (Å²) in [6.07, 6.45) is -0.250. The number of aryl methyl sites for hydroxylation is 1. The molecule has 1 amide bonds. The Bertz CT molecular complexity index is 657. The van der Waals surface area contributed by atoms with Crippen LogP contribution in [-0.2, 0) is 19.6 Å². The third kappa shape index (κ3) is 5.14. The van der Waals surface area contributed by atoms with Gasteiger partial charge in [-0.15, -0.1) is 0 Å². The first kappa shape index (κ1) is 17.1. The van der Waals surface area contributed by atoms with E-state index < -0.39 is 27.9 Å². The van der Waals surface area contributed by atoms with Gasteiger partial charge < -0.3 is 16.2 Å². The molecule has 0 fully saturated rings. The molecule has 0 aromatic heterocycles. The maximum absolute atomic E-state index is 11.8. The van der Waals surface area contributed by atoms with Gasteiger partial charge in [0.25, 0.3) is 0 Å². The molecule has 0 saturated heterocycles. The molecule has 0 bridgehead atoms. The standard InChI is InChI=1S/C12H17N3O5S/c1-7-2-3-8(21(14,19)20)6-10(7)15-12(18)9(13)4-5-11(16)17/h2-3,6,9H,4-5,13H2,1H3,(H,15,18)(H,16,17)(H2,14,19,20). The first-order chi connectivity index (χ1) is 9.61. The van der Waals surface area contributed by atoms with E-state index in [0.29, 0.717) is 5.56 Å². The van der Waals surface area contributed by atoms with E-state index in [0.717, 1.165) is 0 Å². The second-order valence-electron chi connectivity index (χ2n) is 4.55. The van der Waals surface area contributed by atoms with Gasteiger partial charge in [-0.25, -0.2) is 13.6 Å². The lowest BCUT2D eigenvalue weighted by molar-refractivity contribution is -0.137. The molecule has 1 unspecified atom stereocenters.